The second kappa shape index (κ2) is 5.79. The molecule has 1 atom stereocenters. The van der Waals surface area contributed by atoms with E-state index >= 15 is 0 Å². The summed E-state index contributed by atoms with van der Waals surface area (Å²) >= 11 is 0. The zero-order chi connectivity index (χ0) is 14.6. The maximum Gasteiger partial charge on any atom is 0.326 e. The predicted molar refractivity (Wildman–Crippen MR) is 77.0 cm³/mol. The van der Waals surface area contributed by atoms with E-state index < -0.39 is 21.4 Å². The molecule has 2 rings (SSSR count). The van der Waals surface area contributed by atoms with Gasteiger partial charge in [0.2, 0.25) is 0 Å². The number of Topliss-reactive ketones (excluding diaryl/α,β-unsaturated/α-hetero) is 1. The molecule has 5 heteroatoms. The minimum atomic E-state index is -2.91. The summed E-state index contributed by atoms with van der Waals surface area (Å²) in [4.78, 5) is 24.1. The minimum absolute atomic E-state index is 0.240. The van der Waals surface area contributed by atoms with Gasteiger partial charge in [0.05, 0.1) is 9.73 Å². The molecule has 0 bridgehead atoms. The van der Waals surface area contributed by atoms with Gasteiger partial charge in [0.1, 0.15) is 0 Å². The van der Waals surface area contributed by atoms with E-state index in [1.54, 1.807) is 48.5 Å². The van der Waals surface area contributed by atoms with E-state index in [-0.39, 0.29) is 5.56 Å². The summed E-state index contributed by atoms with van der Waals surface area (Å²) in [7, 11) is -2.91. The number of hydrogen-bond acceptors (Lipinski definition) is 3. The minimum Gasteiger partial charge on any atom is -0.283 e. The Bertz CT molecular complexity index is 745. The Kier molecular flexibility index (Phi) is 4.10. The van der Waals surface area contributed by atoms with Crippen LogP contribution in [0.1, 0.15) is 10.4 Å². The third-order valence-corrected chi connectivity index (χ3v) is 4.33. The van der Waals surface area contributed by atoms with Gasteiger partial charge in [-0.3, -0.25) is 9.59 Å². The van der Waals surface area contributed by atoms with Crippen LogP contribution in [0.2, 0.25) is 0 Å². The van der Waals surface area contributed by atoms with E-state index in [2.05, 4.69) is 4.36 Å². The fraction of sp³-hybridized carbons (Fsp3) is 0.0667. The van der Waals surface area contributed by atoms with Crippen molar-refractivity contribution >= 4 is 21.4 Å². The number of nitrogens with zero attached hydrogens (tertiary/aromatic N) is 1. The molecule has 0 saturated carbocycles. The van der Waals surface area contributed by atoms with Crippen LogP contribution >= 0.6 is 0 Å². The third-order valence-electron chi connectivity index (χ3n) is 2.67. The van der Waals surface area contributed by atoms with Crippen molar-refractivity contribution in [2.75, 3.05) is 6.26 Å². The fourth-order valence-corrected chi connectivity index (χ4v) is 2.81. The predicted octanol–water partition coefficient (Wildman–Crippen LogP) is 2.55. The van der Waals surface area contributed by atoms with Crippen LogP contribution in [0.15, 0.2) is 69.9 Å². The highest BCUT2D eigenvalue weighted by Crippen LogP contribution is 2.11. The summed E-state index contributed by atoms with van der Waals surface area (Å²) in [5.74, 6) is -1.75. The van der Waals surface area contributed by atoms with Gasteiger partial charge in [-0.15, -0.1) is 0 Å². The van der Waals surface area contributed by atoms with Crippen LogP contribution in [-0.2, 0) is 14.5 Å². The number of amides is 1. The first-order valence-electron chi connectivity index (χ1n) is 5.91. The highest BCUT2D eigenvalue weighted by molar-refractivity contribution is 7.93. The number of benzene rings is 2. The standard InChI is InChI=1S/C15H13NO3S/c1-20(19,13-10-6-3-7-11-13)16-15(18)14(17)12-8-4-2-5-9-12/h2-11H,1H3. The van der Waals surface area contributed by atoms with Crippen LogP contribution in [0.25, 0.3) is 0 Å². The Labute approximate surface area is 117 Å². The largest absolute Gasteiger partial charge is 0.326 e. The van der Waals surface area contributed by atoms with Crippen LogP contribution in [-0.4, -0.2) is 22.2 Å². The molecule has 0 spiro atoms. The maximum atomic E-state index is 12.4. The Balaban J connectivity index is 2.34. The van der Waals surface area contributed by atoms with E-state index in [1.165, 1.54) is 18.4 Å². The zero-order valence-corrected chi connectivity index (χ0v) is 11.7. The van der Waals surface area contributed by atoms with Crippen molar-refractivity contribution in [3.05, 3.63) is 66.2 Å². The number of carbonyl (C=O) groups excluding carboxylic acids is 2. The van der Waals surface area contributed by atoms with Gasteiger partial charge < -0.3 is 0 Å². The molecule has 20 heavy (non-hydrogen) atoms. The van der Waals surface area contributed by atoms with Crippen molar-refractivity contribution in [2.45, 2.75) is 4.90 Å². The second-order valence-corrected chi connectivity index (χ2v) is 6.47. The third kappa shape index (κ3) is 3.19. The summed E-state index contributed by atoms with van der Waals surface area (Å²) in [5.41, 5.74) is 0.240. The van der Waals surface area contributed by atoms with Crippen LogP contribution < -0.4 is 0 Å². The SMILES string of the molecule is CS(=O)(=NC(=O)C(=O)c1ccccc1)c1ccccc1. The molecule has 0 saturated heterocycles. The summed E-state index contributed by atoms with van der Waals surface area (Å²) in [6, 6.07) is 16.5. The molecule has 4 nitrogen and oxygen atoms in total. The topological polar surface area (TPSA) is 63.6 Å². The van der Waals surface area contributed by atoms with Gasteiger partial charge in [0.15, 0.2) is 0 Å². The average Bonchev–Trinajstić information content (AvgIpc) is 2.48. The lowest BCUT2D eigenvalue weighted by molar-refractivity contribution is -0.113. The first-order valence-corrected chi connectivity index (χ1v) is 7.84. The number of rotatable bonds is 3. The van der Waals surface area contributed by atoms with E-state index in [0.29, 0.717) is 4.90 Å². The molecule has 2 aromatic carbocycles. The van der Waals surface area contributed by atoms with Crippen molar-refractivity contribution in [1.82, 2.24) is 0 Å². The highest BCUT2D eigenvalue weighted by Gasteiger charge is 2.18. The van der Waals surface area contributed by atoms with Gasteiger partial charge in [-0.2, -0.15) is 4.36 Å². The smallest absolute Gasteiger partial charge is 0.283 e. The first-order chi connectivity index (χ1) is 9.50. The van der Waals surface area contributed by atoms with Gasteiger partial charge in [-0.25, -0.2) is 4.21 Å². The summed E-state index contributed by atoms with van der Waals surface area (Å²) in [6.45, 7) is 0. The Hall–Kier alpha value is -2.27. The van der Waals surface area contributed by atoms with Crippen LogP contribution in [0.3, 0.4) is 0 Å². The fourth-order valence-electron chi connectivity index (χ4n) is 1.64. The summed E-state index contributed by atoms with van der Waals surface area (Å²) < 4.78 is 16.0. The Morgan fingerprint density at radius 3 is 1.95 bits per heavy atom. The van der Waals surface area contributed by atoms with E-state index in [9.17, 15) is 13.8 Å². The molecule has 0 N–H and O–H groups in total. The molecule has 1 amide bonds. The highest BCUT2D eigenvalue weighted by atomic mass is 32.2. The van der Waals surface area contributed by atoms with Gasteiger partial charge in [-0.05, 0) is 12.1 Å². The molecular formula is C15H13NO3S. The molecule has 0 radical (unpaired) electrons. The molecule has 0 fully saturated rings. The van der Waals surface area contributed by atoms with E-state index in [1.807, 2.05) is 0 Å². The molecule has 0 aromatic heterocycles. The average molecular weight is 287 g/mol. The van der Waals surface area contributed by atoms with Crippen LogP contribution in [0.5, 0.6) is 0 Å². The van der Waals surface area contributed by atoms with Gasteiger partial charge >= 0.3 is 5.91 Å². The van der Waals surface area contributed by atoms with Crippen LogP contribution in [0, 0.1) is 0 Å². The van der Waals surface area contributed by atoms with E-state index in [0.717, 1.165) is 0 Å². The zero-order valence-electron chi connectivity index (χ0n) is 10.9. The lowest BCUT2D eigenvalue weighted by Crippen LogP contribution is -2.14. The Morgan fingerprint density at radius 2 is 1.40 bits per heavy atom. The van der Waals surface area contributed by atoms with Crippen molar-refractivity contribution in [3.8, 4) is 0 Å². The quantitative estimate of drug-likeness (QED) is 0.643. The van der Waals surface area contributed by atoms with Gasteiger partial charge in [0.25, 0.3) is 5.78 Å². The van der Waals surface area contributed by atoms with Gasteiger partial charge in [-0.1, -0.05) is 48.5 Å². The second-order valence-electron chi connectivity index (χ2n) is 4.21. The number of ketones is 1. The lowest BCUT2D eigenvalue weighted by Gasteiger charge is -2.03. The normalized spacial score (nSPS) is 13.2. The van der Waals surface area contributed by atoms with Crippen molar-refractivity contribution in [1.29, 1.82) is 0 Å². The molecule has 0 aliphatic carbocycles. The molecule has 2 aromatic rings. The molecule has 0 aliphatic rings. The lowest BCUT2D eigenvalue weighted by atomic mass is 10.1. The Morgan fingerprint density at radius 1 is 0.900 bits per heavy atom. The number of carbonyl (C=O) groups is 2. The summed E-state index contributed by atoms with van der Waals surface area (Å²) in [5, 5.41) is 0. The van der Waals surface area contributed by atoms with Crippen LogP contribution in [0.4, 0.5) is 0 Å². The van der Waals surface area contributed by atoms with E-state index in [4.69, 9.17) is 0 Å². The van der Waals surface area contributed by atoms with Gasteiger partial charge in [0, 0.05) is 16.7 Å². The molecule has 0 heterocycles. The molecule has 1 unspecified atom stereocenters. The molecule has 0 aliphatic heterocycles. The molecular weight excluding hydrogens is 274 g/mol. The first kappa shape index (κ1) is 14.1. The van der Waals surface area contributed by atoms with Crippen molar-refractivity contribution in [3.63, 3.8) is 0 Å². The molecule has 102 valence electrons. The van der Waals surface area contributed by atoms with Crippen molar-refractivity contribution < 1.29 is 13.8 Å². The number of hydrogen-bond donors (Lipinski definition) is 0. The summed E-state index contributed by atoms with van der Waals surface area (Å²) in [6.07, 6.45) is 1.35. The van der Waals surface area contributed by atoms with Crippen molar-refractivity contribution in [2.24, 2.45) is 4.36 Å². The maximum absolute atomic E-state index is 12.4. The monoisotopic (exact) mass is 287 g/mol.